The highest BCUT2D eigenvalue weighted by atomic mass is 79.9. The number of aryl methyl sites for hydroxylation is 1. The van der Waals surface area contributed by atoms with Gasteiger partial charge < -0.3 is 5.32 Å². The van der Waals surface area contributed by atoms with E-state index in [-0.39, 0.29) is 6.04 Å². The Morgan fingerprint density at radius 2 is 2.19 bits per heavy atom. The summed E-state index contributed by atoms with van der Waals surface area (Å²) >= 11 is 3.38. The Morgan fingerprint density at radius 3 is 2.69 bits per heavy atom. The van der Waals surface area contributed by atoms with Gasteiger partial charge in [-0.3, -0.25) is 9.67 Å². The van der Waals surface area contributed by atoms with Crippen LogP contribution in [-0.4, -0.2) is 21.8 Å². The van der Waals surface area contributed by atoms with E-state index in [9.17, 15) is 0 Å². The van der Waals surface area contributed by atoms with E-state index in [4.69, 9.17) is 0 Å². The average Bonchev–Trinajstić information content (AvgIpc) is 2.69. The van der Waals surface area contributed by atoms with Gasteiger partial charge in [0.05, 0.1) is 17.4 Å². The van der Waals surface area contributed by atoms with Crippen molar-refractivity contribution in [2.45, 2.75) is 6.04 Å². The molecule has 0 saturated heterocycles. The summed E-state index contributed by atoms with van der Waals surface area (Å²) in [5.41, 5.74) is 2.08. The molecule has 0 spiro atoms. The fourth-order valence-electron chi connectivity index (χ4n) is 1.67. The van der Waals surface area contributed by atoms with Crippen LogP contribution in [0.4, 0.5) is 0 Å². The zero-order chi connectivity index (χ0) is 11.5. The lowest BCUT2D eigenvalue weighted by Gasteiger charge is -2.15. The lowest BCUT2D eigenvalue weighted by atomic mass is 10.1. The van der Waals surface area contributed by atoms with E-state index in [0.717, 1.165) is 15.9 Å². The van der Waals surface area contributed by atoms with Crippen LogP contribution < -0.4 is 5.32 Å². The van der Waals surface area contributed by atoms with Gasteiger partial charge in [0.2, 0.25) is 0 Å². The van der Waals surface area contributed by atoms with Crippen molar-refractivity contribution in [2.24, 2.45) is 7.05 Å². The van der Waals surface area contributed by atoms with Crippen LogP contribution in [0, 0.1) is 0 Å². The van der Waals surface area contributed by atoms with Crippen molar-refractivity contribution in [3.05, 3.63) is 46.5 Å². The van der Waals surface area contributed by atoms with Gasteiger partial charge in [0.15, 0.2) is 0 Å². The van der Waals surface area contributed by atoms with Crippen LogP contribution >= 0.6 is 15.9 Å². The molecule has 0 amide bonds. The van der Waals surface area contributed by atoms with Crippen LogP contribution in [0.25, 0.3) is 0 Å². The third kappa shape index (κ3) is 2.15. The lowest BCUT2D eigenvalue weighted by molar-refractivity contribution is 0.594. The maximum absolute atomic E-state index is 4.40. The zero-order valence-corrected chi connectivity index (χ0v) is 10.8. The molecule has 0 aliphatic heterocycles. The number of aromatic nitrogens is 3. The summed E-state index contributed by atoms with van der Waals surface area (Å²) in [6.45, 7) is 0. The molecule has 16 heavy (non-hydrogen) atoms. The second-order valence-corrected chi connectivity index (χ2v) is 4.42. The van der Waals surface area contributed by atoms with E-state index < -0.39 is 0 Å². The highest BCUT2D eigenvalue weighted by Gasteiger charge is 2.16. The molecular formula is C11H13BrN4. The van der Waals surface area contributed by atoms with Crippen molar-refractivity contribution >= 4 is 15.9 Å². The fraction of sp³-hybridized carbons (Fsp3) is 0.273. The Hall–Kier alpha value is -1.20. The first kappa shape index (κ1) is 11.3. The Morgan fingerprint density at radius 1 is 1.38 bits per heavy atom. The second-order valence-electron chi connectivity index (χ2n) is 3.50. The largest absolute Gasteiger partial charge is 0.307 e. The summed E-state index contributed by atoms with van der Waals surface area (Å²) in [6, 6.07) is 6.05. The Bertz CT molecular complexity index is 463. The SMILES string of the molecule is CNC(c1ccc(Br)cn1)c1ccnn1C. The van der Waals surface area contributed by atoms with E-state index in [1.165, 1.54) is 0 Å². The molecule has 2 aromatic heterocycles. The molecule has 0 radical (unpaired) electrons. The van der Waals surface area contributed by atoms with Gasteiger partial charge in [0, 0.05) is 23.9 Å². The molecule has 1 atom stereocenters. The molecule has 1 N–H and O–H groups in total. The second kappa shape index (κ2) is 4.76. The third-order valence-corrected chi connectivity index (χ3v) is 2.96. The van der Waals surface area contributed by atoms with Gasteiger partial charge in [0.25, 0.3) is 0 Å². The minimum Gasteiger partial charge on any atom is -0.307 e. The normalized spacial score (nSPS) is 12.7. The molecule has 2 heterocycles. The summed E-state index contributed by atoms with van der Waals surface area (Å²) in [5, 5.41) is 7.41. The smallest absolute Gasteiger partial charge is 0.0919 e. The quantitative estimate of drug-likeness (QED) is 0.934. The summed E-state index contributed by atoms with van der Waals surface area (Å²) < 4.78 is 2.83. The van der Waals surface area contributed by atoms with Gasteiger partial charge in [-0.25, -0.2) is 0 Å². The maximum atomic E-state index is 4.40. The molecule has 2 aromatic rings. The highest BCUT2D eigenvalue weighted by Crippen LogP contribution is 2.20. The maximum Gasteiger partial charge on any atom is 0.0919 e. The number of hydrogen-bond donors (Lipinski definition) is 1. The van der Waals surface area contributed by atoms with Crippen molar-refractivity contribution in [3.8, 4) is 0 Å². The van der Waals surface area contributed by atoms with E-state index in [1.54, 1.807) is 12.4 Å². The number of pyridine rings is 1. The average molecular weight is 281 g/mol. The summed E-state index contributed by atoms with van der Waals surface area (Å²) in [4.78, 5) is 4.40. The third-order valence-electron chi connectivity index (χ3n) is 2.49. The van der Waals surface area contributed by atoms with Gasteiger partial charge in [-0.1, -0.05) is 0 Å². The predicted molar refractivity (Wildman–Crippen MR) is 66.0 cm³/mol. The molecule has 1 unspecified atom stereocenters. The van der Waals surface area contributed by atoms with E-state index in [0.29, 0.717) is 0 Å². The molecule has 0 bridgehead atoms. The minimum absolute atomic E-state index is 0.0700. The predicted octanol–water partition coefficient (Wildman–Crippen LogP) is 1.89. The number of halogens is 1. The van der Waals surface area contributed by atoms with Crippen LogP contribution in [0.5, 0.6) is 0 Å². The van der Waals surface area contributed by atoms with Crippen LogP contribution in [-0.2, 0) is 7.05 Å². The number of nitrogens with one attached hydrogen (secondary N) is 1. The van der Waals surface area contributed by atoms with Crippen molar-refractivity contribution in [3.63, 3.8) is 0 Å². The van der Waals surface area contributed by atoms with Crippen LogP contribution in [0.3, 0.4) is 0 Å². The monoisotopic (exact) mass is 280 g/mol. The van der Waals surface area contributed by atoms with Crippen LogP contribution in [0.1, 0.15) is 17.4 Å². The van der Waals surface area contributed by atoms with Crippen LogP contribution in [0.2, 0.25) is 0 Å². The molecule has 0 saturated carbocycles. The van der Waals surface area contributed by atoms with Gasteiger partial charge in [-0.2, -0.15) is 5.10 Å². The number of rotatable bonds is 3. The standard InChI is InChI=1S/C11H13BrN4/c1-13-11(10-5-6-15-16(10)2)9-4-3-8(12)7-14-9/h3-7,11,13H,1-2H3. The molecule has 0 fully saturated rings. The Balaban J connectivity index is 2.37. The van der Waals surface area contributed by atoms with Crippen molar-refractivity contribution in [2.75, 3.05) is 7.05 Å². The van der Waals surface area contributed by atoms with Gasteiger partial charge in [-0.05, 0) is 41.2 Å². The molecule has 2 rings (SSSR count). The topological polar surface area (TPSA) is 42.7 Å². The minimum atomic E-state index is 0.0700. The van der Waals surface area contributed by atoms with Gasteiger partial charge >= 0.3 is 0 Å². The highest BCUT2D eigenvalue weighted by molar-refractivity contribution is 9.10. The van der Waals surface area contributed by atoms with E-state index >= 15 is 0 Å². The molecule has 4 nitrogen and oxygen atoms in total. The number of hydrogen-bond acceptors (Lipinski definition) is 3. The summed E-state index contributed by atoms with van der Waals surface area (Å²) in [6.07, 6.45) is 3.59. The molecular weight excluding hydrogens is 268 g/mol. The van der Waals surface area contributed by atoms with E-state index in [1.807, 2.05) is 37.0 Å². The molecule has 0 aliphatic rings. The first-order valence-electron chi connectivity index (χ1n) is 4.99. The molecule has 84 valence electrons. The Labute approximate surface area is 103 Å². The Kier molecular flexibility index (Phi) is 3.36. The summed E-state index contributed by atoms with van der Waals surface area (Å²) in [5.74, 6) is 0. The molecule has 0 aliphatic carbocycles. The summed E-state index contributed by atoms with van der Waals surface area (Å²) in [7, 11) is 3.85. The van der Waals surface area contributed by atoms with E-state index in [2.05, 4.69) is 31.3 Å². The van der Waals surface area contributed by atoms with Crippen molar-refractivity contribution in [1.29, 1.82) is 0 Å². The van der Waals surface area contributed by atoms with Crippen LogP contribution in [0.15, 0.2) is 35.1 Å². The lowest BCUT2D eigenvalue weighted by Crippen LogP contribution is -2.21. The first-order chi connectivity index (χ1) is 7.72. The fourth-order valence-corrected chi connectivity index (χ4v) is 1.91. The number of nitrogens with zero attached hydrogens (tertiary/aromatic N) is 3. The first-order valence-corrected chi connectivity index (χ1v) is 5.78. The molecule has 5 heteroatoms. The zero-order valence-electron chi connectivity index (χ0n) is 9.18. The van der Waals surface area contributed by atoms with Gasteiger partial charge in [-0.15, -0.1) is 0 Å². The van der Waals surface area contributed by atoms with Gasteiger partial charge in [0.1, 0.15) is 0 Å². The van der Waals surface area contributed by atoms with Crippen molar-refractivity contribution in [1.82, 2.24) is 20.1 Å². The van der Waals surface area contributed by atoms with Crippen molar-refractivity contribution < 1.29 is 0 Å². The molecule has 0 aromatic carbocycles.